The van der Waals surface area contributed by atoms with E-state index in [-0.39, 0.29) is 17.7 Å². The number of methoxy groups -OCH3 is 1. The van der Waals surface area contributed by atoms with Crippen molar-refractivity contribution in [2.75, 3.05) is 7.11 Å². The minimum atomic E-state index is -0.961. The highest BCUT2D eigenvalue weighted by Crippen LogP contribution is 2.27. The molecule has 0 bridgehead atoms. The molecule has 1 heterocycles. The van der Waals surface area contributed by atoms with Crippen molar-refractivity contribution >= 4 is 11.9 Å². The van der Waals surface area contributed by atoms with E-state index in [0.29, 0.717) is 5.56 Å². The number of hydrogen-bond acceptors (Lipinski definition) is 4. The van der Waals surface area contributed by atoms with Gasteiger partial charge in [-0.05, 0) is 11.6 Å². The summed E-state index contributed by atoms with van der Waals surface area (Å²) in [6.45, 7) is 0. The largest absolute Gasteiger partial charge is 0.494 e. The van der Waals surface area contributed by atoms with E-state index in [1.165, 1.54) is 19.2 Å². The summed E-state index contributed by atoms with van der Waals surface area (Å²) in [5.41, 5.74) is 0.114. The second kappa shape index (κ2) is 3.34. The second-order valence-corrected chi connectivity index (χ2v) is 3.05. The van der Waals surface area contributed by atoms with Gasteiger partial charge in [-0.15, -0.1) is 0 Å². The Morgan fingerprint density at radius 1 is 1.40 bits per heavy atom. The quantitative estimate of drug-likeness (QED) is 0.514. The summed E-state index contributed by atoms with van der Waals surface area (Å²) in [6.07, 6.45) is -0.0953. The van der Waals surface area contributed by atoms with Crippen LogP contribution >= 0.6 is 0 Å². The number of carbonyl (C=O) groups is 2. The van der Waals surface area contributed by atoms with Crippen LogP contribution in [0, 0.1) is 5.82 Å². The highest BCUT2D eigenvalue weighted by molar-refractivity contribution is 6.02. The van der Waals surface area contributed by atoms with Crippen LogP contribution in [-0.2, 0) is 16.0 Å². The van der Waals surface area contributed by atoms with Crippen LogP contribution < -0.4 is 4.74 Å². The zero-order valence-electron chi connectivity index (χ0n) is 7.87. The Morgan fingerprint density at radius 3 is 2.80 bits per heavy atom. The molecule has 0 radical (unpaired) electrons. The highest BCUT2D eigenvalue weighted by Gasteiger charge is 2.29. The van der Waals surface area contributed by atoms with Gasteiger partial charge in [0.05, 0.1) is 13.5 Å². The van der Waals surface area contributed by atoms with Gasteiger partial charge in [0.15, 0.2) is 11.6 Å². The van der Waals surface area contributed by atoms with Crippen molar-refractivity contribution in [2.45, 2.75) is 6.42 Å². The van der Waals surface area contributed by atoms with Gasteiger partial charge in [0, 0.05) is 0 Å². The zero-order valence-corrected chi connectivity index (χ0v) is 7.87. The molecule has 78 valence electrons. The van der Waals surface area contributed by atoms with Gasteiger partial charge in [-0.2, -0.15) is 0 Å². The number of rotatable bonds is 1. The number of benzene rings is 1. The van der Waals surface area contributed by atoms with Crippen molar-refractivity contribution in [2.24, 2.45) is 0 Å². The van der Waals surface area contributed by atoms with E-state index in [2.05, 4.69) is 4.74 Å². The van der Waals surface area contributed by atoms with E-state index < -0.39 is 17.8 Å². The third-order valence-electron chi connectivity index (χ3n) is 2.16. The molecule has 5 heteroatoms. The molecule has 15 heavy (non-hydrogen) atoms. The van der Waals surface area contributed by atoms with E-state index >= 15 is 0 Å². The smallest absolute Gasteiger partial charge is 0.349 e. The fraction of sp³-hybridized carbons (Fsp3) is 0.200. The topological polar surface area (TPSA) is 52.6 Å². The average molecular weight is 210 g/mol. The van der Waals surface area contributed by atoms with Crippen molar-refractivity contribution in [3.05, 3.63) is 29.1 Å². The average Bonchev–Trinajstić information content (AvgIpc) is 2.17. The third-order valence-corrected chi connectivity index (χ3v) is 2.16. The Bertz CT molecular complexity index is 453. The Kier molecular flexibility index (Phi) is 2.15. The van der Waals surface area contributed by atoms with Gasteiger partial charge in [0.2, 0.25) is 0 Å². The molecule has 0 aromatic heterocycles. The summed E-state index contributed by atoms with van der Waals surface area (Å²) in [4.78, 5) is 22.2. The Labute approximate surface area is 84.6 Å². The summed E-state index contributed by atoms with van der Waals surface area (Å²) in [7, 11) is 1.30. The summed E-state index contributed by atoms with van der Waals surface area (Å²) in [5.74, 6) is -2.46. The molecule has 0 unspecified atom stereocenters. The fourth-order valence-electron chi connectivity index (χ4n) is 1.47. The summed E-state index contributed by atoms with van der Waals surface area (Å²) in [5, 5.41) is 0. The lowest BCUT2D eigenvalue weighted by Gasteiger charge is -2.15. The molecule has 0 fully saturated rings. The van der Waals surface area contributed by atoms with Gasteiger partial charge < -0.3 is 9.47 Å². The van der Waals surface area contributed by atoms with Crippen molar-refractivity contribution in [1.29, 1.82) is 0 Å². The molecule has 1 aromatic rings. The van der Waals surface area contributed by atoms with E-state index in [4.69, 9.17) is 4.74 Å². The van der Waals surface area contributed by atoms with Crippen molar-refractivity contribution in [1.82, 2.24) is 0 Å². The summed E-state index contributed by atoms with van der Waals surface area (Å²) < 4.78 is 22.6. The van der Waals surface area contributed by atoms with Crippen molar-refractivity contribution in [3.63, 3.8) is 0 Å². The van der Waals surface area contributed by atoms with Gasteiger partial charge in [-0.25, -0.2) is 9.18 Å². The molecule has 1 aromatic carbocycles. The van der Waals surface area contributed by atoms with E-state index in [9.17, 15) is 14.0 Å². The van der Waals surface area contributed by atoms with Crippen LogP contribution in [0.2, 0.25) is 0 Å². The second-order valence-electron chi connectivity index (χ2n) is 3.05. The van der Waals surface area contributed by atoms with Crippen molar-refractivity contribution < 1.29 is 23.5 Å². The molecule has 0 N–H and O–H groups in total. The number of esters is 2. The van der Waals surface area contributed by atoms with E-state index in [0.717, 1.165) is 0 Å². The zero-order chi connectivity index (χ0) is 11.0. The van der Waals surface area contributed by atoms with Crippen LogP contribution in [0.4, 0.5) is 4.39 Å². The SMILES string of the molecule is COc1ccc2c(c1F)C(=O)OC(=O)C2. The molecule has 0 saturated heterocycles. The number of hydrogen-bond donors (Lipinski definition) is 0. The molecular formula is C10H7FO4. The predicted octanol–water partition coefficient (Wildman–Crippen LogP) is 1.07. The summed E-state index contributed by atoms with van der Waals surface area (Å²) >= 11 is 0. The molecule has 1 aliphatic rings. The number of halogens is 1. The first-order chi connectivity index (χ1) is 7.13. The minimum absolute atomic E-state index is 0.0416. The molecule has 0 aliphatic carbocycles. The standard InChI is InChI=1S/C10H7FO4/c1-14-6-3-2-5-4-7(12)15-10(13)8(5)9(6)11/h2-3H,4H2,1H3. The van der Waals surface area contributed by atoms with E-state index in [1.54, 1.807) is 0 Å². The minimum Gasteiger partial charge on any atom is -0.494 e. The van der Waals surface area contributed by atoms with Crippen molar-refractivity contribution in [3.8, 4) is 5.75 Å². The van der Waals surface area contributed by atoms with Gasteiger partial charge >= 0.3 is 11.9 Å². The normalized spacial score (nSPS) is 14.5. The maximum absolute atomic E-state index is 13.6. The molecule has 0 amide bonds. The van der Waals surface area contributed by atoms with Crippen LogP contribution in [-0.4, -0.2) is 19.0 Å². The number of cyclic esters (lactones) is 2. The molecular weight excluding hydrogens is 203 g/mol. The number of carbonyl (C=O) groups excluding carboxylic acids is 2. The van der Waals surface area contributed by atoms with Gasteiger partial charge in [-0.3, -0.25) is 4.79 Å². The Morgan fingerprint density at radius 2 is 2.13 bits per heavy atom. The number of fused-ring (bicyclic) bond motifs is 1. The molecule has 0 saturated carbocycles. The third kappa shape index (κ3) is 1.45. The van der Waals surface area contributed by atoms with Crippen LogP contribution in [0.3, 0.4) is 0 Å². The lowest BCUT2D eigenvalue weighted by atomic mass is 10.0. The lowest BCUT2D eigenvalue weighted by molar-refractivity contribution is -0.137. The molecule has 0 atom stereocenters. The van der Waals surface area contributed by atoms with Crippen LogP contribution in [0.1, 0.15) is 15.9 Å². The number of ether oxygens (including phenoxy) is 2. The molecule has 2 rings (SSSR count). The molecule has 0 spiro atoms. The summed E-state index contributed by atoms with van der Waals surface area (Å²) in [6, 6.07) is 2.86. The Hall–Kier alpha value is -1.91. The highest BCUT2D eigenvalue weighted by atomic mass is 19.1. The maximum Gasteiger partial charge on any atom is 0.349 e. The van der Waals surface area contributed by atoms with Crippen LogP contribution in [0.5, 0.6) is 5.75 Å². The first-order valence-electron chi connectivity index (χ1n) is 4.24. The Balaban J connectivity index is 2.61. The van der Waals surface area contributed by atoms with Crippen LogP contribution in [0.15, 0.2) is 12.1 Å². The van der Waals surface area contributed by atoms with Gasteiger partial charge in [0.25, 0.3) is 0 Å². The van der Waals surface area contributed by atoms with Gasteiger partial charge in [-0.1, -0.05) is 6.07 Å². The van der Waals surface area contributed by atoms with Gasteiger partial charge in [0.1, 0.15) is 5.56 Å². The first-order valence-corrected chi connectivity index (χ1v) is 4.24. The van der Waals surface area contributed by atoms with E-state index in [1.807, 2.05) is 0 Å². The lowest BCUT2D eigenvalue weighted by Crippen LogP contribution is -2.24. The maximum atomic E-state index is 13.6. The predicted molar refractivity (Wildman–Crippen MR) is 47.1 cm³/mol. The van der Waals surface area contributed by atoms with Crippen LogP contribution in [0.25, 0.3) is 0 Å². The monoisotopic (exact) mass is 210 g/mol. The fourth-order valence-corrected chi connectivity index (χ4v) is 1.47. The molecule has 4 nitrogen and oxygen atoms in total. The molecule has 1 aliphatic heterocycles. The first kappa shape index (κ1) is 9.64.